The molecule has 1 aliphatic heterocycles. The van der Waals surface area contributed by atoms with Crippen molar-refractivity contribution >= 4 is 22.8 Å². The Morgan fingerprint density at radius 3 is 2.86 bits per heavy atom. The van der Waals surface area contributed by atoms with E-state index in [-0.39, 0.29) is 24.1 Å². The van der Waals surface area contributed by atoms with Crippen molar-refractivity contribution in [3.8, 4) is 11.5 Å². The second-order valence-electron chi connectivity index (χ2n) is 9.05. The minimum atomic E-state index is -0.217. The molecule has 1 atom stereocenters. The molecule has 3 heterocycles. The summed E-state index contributed by atoms with van der Waals surface area (Å²) >= 11 is 0. The minimum absolute atomic E-state index is 0.0143. The number of nitrogens with two attached hydrogens (primary N) is 1. The largest absolute Gasteiger partial charge is 0.497 e. The number of nitrogens with zero attached hydrogens (tertiary/aromatic N) is 4. The number of hydrogen-bond acceptors (Lipinski definition) is 9. The Hall–Kier alpha value is -3.57. The number of amides is 1. The predicted octanol–water partition coefficient (Wildman–Crippen LogP) is 1.20. The lowest BCUT2D eigenvalue weighted by Crippen LogP contribution is -2.42. The normalized spacial score (nSPS) is 20.6. The van der Waals surface area contributed by atoms with E-state index in [2.05, 4.69) is 25.6 Å². The zero-order valence-corrected chi connectivity index (χ0v) is 19.6. The molecule has 1 aromatic carbocycles. The van der Waals surface area contributed by atoms with Gasteiger partial charge >= 0.3 is 0 Å². The molecule has 3 aromatic rings. The summed E-state index contributed by atoms with van der Waals surface area (Å²) < 4.78 is 12.3. The summed E-state index contributed by atoms with van der Waals surface area (Å²) in [5, 5.41) is 6.22. The molecule has 0 spiro atoms. The van der Waals surface area contributed by atoms with E-state index in [0.29, 0.717) is 48.2 Å². The molecule has 1 fully saturated rings. The molecule has 2 aromatic heterocycles. The maximum Gasteiger partial charge on any atom is 0.269 e. The fourth-order valence-corrected chi connectivity index (χ4v) is 4.80. The number of hydrogen-bond donors (Lipinski definition) is 3. The van der Waals surface area contributed by atoms with Crippen molar-refractivity contribution in [1.82, 2.24) is 24.8 Å². The summed E-state index contributed by atoms with van der Waals surface area (Å²) in [5.41, 5.74) is 7.90. The number of methoxy groups -OCH3 is 1. The number of fused-ring (bicyclic) bond motifs is 2. The molecular weight excluding hydrogens is 450 g/mol. The van der Waals surface area contributed by atoms with Crippen LogP contribution in [-0.4, -0.2) is 51.2 Å². The van der Waals surface area contributed by atoms with Crippen LogP contribution in [0.1, 0.15) is 31.5 Å². The minimum Gasteiger partial charge on any atom is -0.497 e. The Labute approximate surface area is 202 Å². The van der Waals surface area contributed by atoms with Gasteiger partial charge in [-0.15, -0.1) is 0 Å². The molecule has 5 rings (SSSR count). The van der Waals surface area contributed by atoms with Crippen molar-refractivity contribution in [3.05, 3.63) is 46.8 Å². The highest BCUT2D eigenvalue weighted by Gasteiger charge is 2.27. The monoisotopic (exact) mass is 479 g/mol. The van der Waals surface area contributed by atoms with Crippen LogP contribution in [0.4, 0.5) is 5.82 Å². The Morgan fingerprint density at radius 2 is 2.06 bits per heavy atom. The van der Waals surface area contributed by atoms with Gasteiger partial charge in [0.05, 0.1) is 37.1 Å². The second kappa shape index (κ2) is 9.96. The average Bonchev–Trinajstić information content (AvgIpc) is 2.88. The third-order valence-electron chi connectivity index (χ3n) is 6.79. The Morgan fingerprint density at radius 1 is 1.23 bits per heavy atom. The molecule has 1 saturated carbocycles. The van der Waals surface area contributed by atoms with Gasteiger partial charge in [-0.1, -0.05) is 0 Å². The maximum absolute atomic E-state index is 12.6. The van der Waals surface area contributed by atoms with E-state index < -0.39 is 0 Å². The smallest absolute Gasteiger partial charge is 0.269 e. The first-order valence-corrected chi connectivity index (χ1v) is 11.8. The molecule has 1 aliphatic carbocycles. The van der Waals surface area contributed by atoms with Crippen LogP contribution in [0.2, 0.25) is 0 Å². The number of benzene rings is 1. The summed E-state index contributed by atoms with van der Waals surface area (Å²) in [5.74, 6) is 2.29. The lowest BCUT2D eigenvalue weighted by Gasteiger charge is -2.33. The van der Waals surface area contributed by atoms with Gasteiger partial charge in [0, 0.05) is 24.7 Å². The van der Waals surface area contributed by atoms with Gasteiger partial charge in [-0.2, -0.15) is 0 Å². The topological polar surface area (TPSA) is 146 Å². The summed E-state index contributed by atoms with van der Waals surface area (Å²) in [6, 6.07) is 5.70. The number of ether oxygens (including phenoxy) is 2. The molecule has 11 nitrogen and oxygen atoms in total. The van der Waals surface area contributed by atoms with E-state index in [4.69, 9.17) is 15.2 Å². The van der Waals surface area contributed by atoms with Crippen molar-refractivity contribution in [1.29, 1.82) is 0 Å². The van der Waals surface area contributed by atoms with E-state index >= 15 is 0 Å². The molecule has 0 saturated heterocycles. The van der Waals surface area contributed by atoms with Crippen molar-refractivity contribution < 1.29 is 14.3 Å². The van der Waals surface area contributed by atoms with E-state index in [0.717, 1.165) is 36.7 Å². The molecular formula is C24H29N7O4. The van der Waals surface area contributed by atoms with Gasteiger partial charge in [0.1, 0.15) is 11.6 Å². The standard InChI is InChI=1S/C24H29N7O4/c1-34-16-6-7-18-19(8-16)31(23(33)11-27-18)12-17(25)14-2-4-15(5-3-14)26-10-21-28-9-20-24(29-21)30-22(32)13-35-20/h6-9,11,14-15,17,26H,2-5,10,12-13,25H2,1H3,(H,28,29,30,32)/t14?,15?,17-/m1/s1. The molecule has 0 radical (unpaired) electrons. The van der Waals surface area contributed by atoms with Crippen LogP contribution in [0.15, 0.2) is 35.4 Å². The number of rotatable bonds is 7. The summed E-state index contributed by atoms with van der Waals surface area (Å²) in [7, 11) is 1.60. The predicted molar refractivity (Wildman–Crippen MR) is 129 cm³/mol. The number of carbonyl (C=O) groups is 1. The van der Waals surface area contributed by atoms with E-state index in [1.165, 1.54) is 6.20 Å². The molecule has 1 amide bonds. The van der Waals surface area contributed by atoms with Gasteiger partial charge in [-0.05, 0) is 43.7 Å². The van der Waals surface area contributed by atoms with Crippen LogP contribution < -0.4 is 31.4 Å². The third kappa shape index (κ3) is 5.10. The van der Waals surface area contributed by atoms with E-state index in [1.54, 1.807) is 17.9 Å². The Bertz CT molecular complexity index is 1290. The van der Waals surface area contributed by atoms with E-state index in [9.17, 15) is 9.59 Å². The van der Waals surface area contributed by atoms with Crippen molar-refractivity contribution in [2.75, 3.05) is 19.0 Å². The molecule has 4 N–H and O–H groups in total. The van der Waals surface area contributed by atoms with Gasteiger partial charge in [0.15, 0.2) is 18.2 Å². The summed E-state index contributed by atoms with van der Waals surface area (Å²) in [4.78, 5) is 37.0. The first kappa shape index (κ1) is 23.2. The van der Waals surface area contributed by atoms with Gasteiger partial charge in [0.25, 0.3) is 11.5 Å². The van der Waals surface area contributed by atoms with E-state index in [1.807, 2.05) is 18.2 Å². The fraction of sp³-hybridized carbons (Fsp3) is 0.458. The molecule has 35 heavy (non-hydrogen) atoms. The fourth-order valence-electron chi connectivity index (χ4n) is 4.80. The van der Waals surface area contributed by atoms with Crippen molar-refractivity contribution in [2.45, 2.75) is 50.9 Å². The molecule has 184 valence electrons. The molecule has 0 bridgehead atoms. The highest BCUT2D eigenvalue weighted by Crippen LogP contribution is 2.28. The first-order valence-electron chi connectivity index (χ1n) is 11.8. The van der Waals surface area contributed by atoms with Crippen molar-refractivity contribution in [3.63, 3.8) is 0 Å². The quantitative estimate of drug-likeness (QED) is 0.455. The number of nitrogens with one attached hydrogen (secondary N) is 2. The van der Waals surface area contributed by atoms with Crippen LogP contribution in [0.5, 0.6) is 11.5 Å². The molecule has 2 aliphatic rings. The maximum atomic E-state index is 12.6. The third-order valence-corrected chi connectivity index (χ3v) is 6.79. The van der Waals surface area contributed by atoms with Crippen LogP contribution in [0, 0.1) is 5.92 Å². The highest BCUT2D eigenvalue weighted by molar-refractivity contribution is 5.94. The van der Waals surface area contributed by atoms with Crippen molar-refractivity contribution in [2.24, 2.45) is 11.7 Å². The lowest BCUT2D eigenvalue weighted by molar-refractivity contribution is -0.118. The SMILES string of the molecule is COc1ccc2ncc(=O)n(C[C@@H](N)C3CCC(NCc4ncc5c(n4)NC(=O)CO5)CC3)c2c1. The van der Waals surface area contributed by atoms with Crippen LogP contribution in [0.25, 0.3) is 11.0 Å². The Balaban J connectivity index is 1.17. The zero-order valence-electron chi connectivity index (χ0n) is 19.6. The average molecular weight is 480 g/mol. The Kier molecular flexibility index (Phi) is 6.60. The molecule has 11 heteroatoms. The number of anilines is 1. The number of aromatic nitrogens is 4. The molecule has 0 unspecified atom stereocenters. The van der Waals surface area contributed by atoms with Crippen LogP contribution >= 0.6 is 0 Å². The summed E-state index contributed by atoms with van der Waals surface area (Å²) in [6.07, 6.45) is 6.83. The van der Waals surface area contributed by atoms with Gasteiger partial charge in [0.2, 0.25) is 0 Å². The van der Waals surface area contributed by atoms with Gasteiger partial charge in [-0.25, -0.2) is 15.0 Å². The van der Waals surface area contributed by atoms with Gasteiger partial charge in [-0.3, -0.25) is 9.59 Å². The lowest BCUT2D eigenvalue weighted by atomic mass is 9.81. The highest BCUT2D eigenvalue weighted by atomic mass is 16.5. The number of carbonyl (C=O) groups excluding carboxylic acids is 1. The first-order chi connectivity index (χ1) is 17.0. The van der Waals surface area contributed by atoms with Crippen LogP contribution in [-0.2, 0) is 17.9 Å². The second-order valence-corrected chi connectivity index (χ2v) is 9.05. The summed E-state index contributed by atoms with van der Waals surface area (Å²) in [6.45, 7) is 0.925. The van der Waals surface area contributed by atoms with Crippen LogP contribution in [0.3, 0.4) is 0 Å². The zero-order chi connectivity index (χ0) is 24.4. The van der Waals surface area contributed by atoms with Gasteiger partial charge < -0.3 is 30.4 Å².